The summed E-state index contributed by atoms with van der Waals surface area (Å²) in [7, 11) is 0. The number of alkyl halides is 3. The van der Waals surface area contributed by atoms with Crippen molar-refractivity contribution in [2.45, 2.75) is 6.18 Å². The summed E-state index contributed by atoms with van der Waals surface area (Å²) in [6.07, 6.45) is 0.194. The number of hydrogen-bond donors (Lipinski definition) is 0. The summed E-state index contributed by atoms with van der Waals surface area (Å²) < 4.78 is 41.3. The number of fused-ring (bicyclic) bond motifs is 1. The van der Waals surface area contributed by atoms with Crippen molar-refractivity contribution < 1.29 is 13.2 Å². The van der Waals surface area contributed by atoms with Crippen LogP contribution in [0.3, 0.4) is 0 Å². The van der Waals surface area contributed by atoms with Gasteiger partial charge in [0.1, 0.15) is 6.33 Å². The highest BCUT2D eigenvalue weighted by atomic mass is 19.4. The Balaban J connectivity index is 1.77. The second-order valence-electron chi connectivity index (χ2n) is 5.40. The maximum absolute atomic E-state index is 13.2. The zero-order valence-corrected chi connectivity index (χ0v) is 12.8. The second-order valence-corrected chi connectivity index (χ2v) is 5.40. The van der Waals surface area contributed by atoms with Gasteiger partial charge in [0.25, 0.3) is 0 Å². The molecule has 0 N–H and O–H groups in total. The summed E-state index contributed by atoms with van der Waals surface area (Å²) in [6.45, 7) is 0. The summed E-state index contributed by atoms with van der Waals surface area (Å²) >= 11 is 0. The van der Waals surface area contributed by atoms with Crippen molar-refractivity contribution in [3.63, 3.8) is 0 Å². The molecule has 0 atom stereocenters. The lowest BCUT2D eigenvalue weighted by Crippen LogP contribution is -2.08. The molecule has 0 aliphatic heterocycles. The van der Waals surface area contributed by atoms with Crippen LogP contribution in [0.4, 0.5) is 13.2 Å². The fourth-order valence-corrected chi connectivity index (χ4v) is 2.70. The van der Waals surface area contributed by atoms with Crippen LogP contribution < -0.4 is 0 Å². The maximum atomic E-state index is 13.2. The second kappa shape index (κ2) is 5.70. The first kappa shape index (κ1) is 15.3. The van der Waals surface area contributed by atoms with Crippen LogP contribution in [0.25, 0.3) is 28.1 Å². The highest BCUT2D eigenvalue weighted by molar-refractivity contribution is 5.73. The molecule has 124 valence electrons. The number of benzene rings is 1. The van der Waals surface area contributed by atoms with Crippen molar-refractivity contribution in [1.82, 2.24) is 19.5 Å². The molecule has 3 aromatic heterocycles. The van der Waals surface area contributed by atoms with Crippen LogP contribution in [0.2, 0.25) is 0 Å². The molecule has 3 heterocycles. The molecule has 0 fully saturated rings. The van der Waals surface area contributed by atoms with Crippen LogP contribution in [0.15, 0.2) is 67.3 Å². The van der Waals surface area contributed by atoms with Crippen molar-refractivity contribution >= 4 is 11.2 Å². The Morgan fingerprint density at radius 1 is 0.800 bits per heavy atom. The van der Waals surface area contributed by atoms with Crippen molar-refractivity contribution in [3.05, 3.63) is 72.8 Å². The van der Waals surface area contributed by atoms with Crippen LogP contribution >= 0.6 is 0 Å². The number of aromatic nitrogens is 4. The van der Waals surface area contributed by atoms with Gasteiger partial charge in [-0.3, -0.25) is 9.55 Å². The first-order valence-electron chi connectivity index (χ1n) is 7.45. The average molecular weight is 340 g/mol. The molecule has 0 aliphatic carbocycles. The van der Waals surface area contributed by atoms with Crippen LogP contribution in [-0.2, 0) is 6.18 Å². The molecular weight excluding hydrogens is 329 g/mol. The zero-order chi connectivity index (χ0) is 17.4. The Hall–Kier alpha value is -3.22. The maximum Gasteiger partial charge on any atom is 0.418 e. The van der Waals surface area contributed by atoms with Gasteiger partial charge in [0, 0.05) is 23.6 Å². The van der Waals surface area contributed by atoms with Crippen molar-refractivity contribution in [2.24, 2.45) is 0 Å². The molecule has 0 unspecified atom stereocenters. The lowest BCUT2D eigenvalue weighted by Gasteiger charge is -2.12. The van der Waals surface area contributed by atoms with E-state index in [0.717, 1.165) is 17.3 Å². The minimum absolute atomic E-state index is 0.0845. The van der Waals surface area contributed by atoms with E-state index >= 15 is 0 Å². The first-order valence-corrected chi connectivity index (χ1v) is 7.45. The third kappa shape index (κ3) is 2.73. The zero-order valence-electron chi connectivity index (χ0n) is 12.8. The Morgan fingerprint density at radius 3 is 2.28 bits per heavy atom. The number of imidazole rings is 1. The van der Waals surface area contributed by atoms with Gasteiger partial charge in [0.15, 0.2) is 5.65 Å². The molecule has 1 aromatic carbocycles. The lowest BCUT2D eigenvalue weighted by atomic mass is 10.1. The number of halogens is 3. The third-order valence-electron chi connectivity index (χ3n) is 3.85. The molecule has 4 aromatic rings. The van der Waals surface area contributed by atoms with Gasteiger partial charge >= 0.3 is 6.18 Å². The van der Waals surface area contributed by atoms with Gasteiger partial charge < -0.3 is 0 Å². The highest BCUT2D eigenvalue weighted by Crippen LogP contribution is 2.35. The van der Waals surface area contributed by atoms with Gasteiger partial charge in [-0.25, -0.2) is 9.97 Å². The molecule has 0 saturated heterocycles. The van der Waals surface area contributed by atoms with E-state index in [1.165, 1.54) is 12.3 Å². The molecule has 0 spiro atoms. The standard InChI is InChI=1S/C18H11F3N4/c19-18(20,21)14-3-1-9-22-16(14)12-5-7-13(8-6-12)25-11-24-17-15(25)4-2-10-23-17/h1-11H. The average Bonchev–Trinajstić information content (AvgIpc) is 3.05. The normalized spacial score (nSPS) is 11.8. The smallest absolute Gasteiger partial charge is 0.297 e. The van der Waals surface area contributed by atoms with Crippen LogP contribution in [-0.4, -0.2) is 19.5 Å². The minimum Gasteiger partial charge on any atom is -0.297 e. The summed E-state index contributed by atoms with van der Waals surface area (Å²) in [5.74, 6) is 0. The fraction of sp³-hybridized carbons (Fsp3) is 0.0556. The number of rotatable bonds is 2. The molecule has 25 heavy (non-hydrogen) atoms. The van der Waals surface area contributed by atoms with Gasteiger partial charge in [-0.05, 0) is 36.4 Å². The van der Waals surface area contributed by atoms with Crippen molar-refractivity contribution in [2.75, 3.05) is 0 Å². The summed E-state index contributed by atoms with van der Waals surface area (Å²) in [6, 6.07) is 12.7. The van der Waals surface area contributed by atoms with E-state index in [9.17, 15) is 13.2 Å². The summed E-state index contributed by atoms with van der Waals surface area (Å²) in [5, 5.41) is 0. The fourth-order valence-electron chi connectivity index (χ4n) is 2.70. The summed E-state index contributed by atoms with van der Waals surface area (Å²) in [4.78, 5) is 12.3. The molecule has 0 bridgehead atoms. The third-order valence-corrected chi connectivity index (χ3v) is 3.85. The molecule has 0 amide bonds. The van der Waals surface area contributed by atoms with E-state index < -0.39 is 11.7 Å². The van der Waals surface area contributed by atoms with Crippen molar-refractivity contribution in [3.8, 4) is 16.9 Å². The highest BCUT2D eigenvalue weighted by Gasteiger charge is 2.34. The first-order chi connectivity index (χ1) is 12.0. The van der Waals surface area contributed by atoms with Gasteiger partial charge in [-0.2, -0.15) is 13.2 Å². The number of hydrogen-bond acceptors (Lipinski definition) is 3. The van der Waals surface area contributed by atoms with Gasteiger partial charge in [0.05, 0.1) is 16.8 Å². The van der Waals surface area contributed by atoms with E-state index in [-0.39, 0.29) is 5.69 Å². The monoisotopic (exact) mass is 340 g/mol. The van der Waals surface area contributed by atoms with Gasteiger partial charge in [-0.15, -0.1) is 0 Å². The topological polar surface area (TPSA) is 43.6 Å². The molecule has 7 heteroatoms. The Kier molecular flexibility index (Phi) is 3.49. The largest absolute Gasteiger partial charge is 0.418 e. The van der Waals surface area contributed by atoms with E-state index in [2.05, 4.69) is 15.0 Å². The van der Waals surface area contributed by atoms with Crippen LogP contribution in [0.5, 0.6) is 0 Å². The number of nitrogens with zero attached hydrogens (tertiary/aromatic N) is 4. The lowest BCUT2D eigenvalue weighted by molar-refractivity contribution is -0.137. The van der Waals surface area contributed by atoms with Crippen LogP contribution in [0.1, 0.15) is 5.56 Å². The van der Waals surface area contributed by atoms with E-state index in [4.69, 9.17) is 0 Å². The SMILES string of the molecule is FC(F)(F)c1cccnc1-c1ccc(-n2cnc3ncccc32)cc1. The number of pyridine rings is 2. The van der Waals surface area contributed by atoms with Crippen LogP contribution in [0, 0.1) is 0 Å². The molecule has 4 rings (SSSR count). The molecule has 0 radical (unpaired) electrons. The van der Waals surface area contributed by atoms with E-state index in [1.807, 2.05) is 10.6 Å². The predicted molar refractivity (Wildman–Crippen MR) is 87.1 cm³/mol. The Labute approximate surface area is 140 Å². The molecule has 0 saturated carbocycles. The van der Waals surface area contributed by atoms with Gasteiger partial charge in [0.2, 0.25) is 0 Å². The van der Waals surface area contributed by atoms with Crippen molar-refractivity contribution in [1.29, 1.82) is 0 Å². The van der Waals surface area contributed by atoms with E-state index in [1.54, 1.807) is 42.9 Å². The quantitative estimate of drug-likeness (QED) is 0.540. The molecular formula is C18H11F3N4. The molecule has 4 nitrogen and oxygen atoms in total. The predicted octanol–water partition coefficient (Wildman–Crippen LogP) is 4.50. The Bertz CT molecular complexity index is 1040. The summed E-state index contributed by atoms with van der Waals surface area (Å²) in [5.41, 5.74) is 1.78. The molecule has 0 aliphatic rings. The van der Waals surface area contributed by atoms with E-state index in [0.29, 0.717) is 11.2 Å². The van der Waals surface area contributed by atoms with Gasteiger partial charge in [-0.1, -0.05) is 12.1 Å². The Morgan fingerprint density at radius 2 is 1.52 bits per heavy atom. The minimum atomic E-state index is -4.45.